The van der Waals surface area contributed by atoms with Crippen LogP contribution in [0.2, 0.25) is 0 Å². The number of carbonyl (C=O) groups is 1. The molecule has 0 aliphatic rings. The minimum absolute atomic E-state index is 0.151. The average molecular weight is 423 g/mol. The summed E-state index contributed by atoms with van der Waals surface area (Å²) in [5, 5.41) is 7.97. The Morgan fingerprint density at radius 3 is 2.24 bits per heavy atom. The van der Waals surface area contributed by atoms with Gasteiger partial charge in [0.05, 0.1) is 11.3 Å². The molecule has 6 nitrogen and oxygen atoms in total. The van der Waals surface area contributed by atoms with Gasteiger partial charge in [-0.15, -0.1) is 0 Å². The minimum Gasteiger partial charge on any atom is -0.305 e. The lowest BCUT2D eigenvalue weighted by Gasteiger charge is -2.10. The predicted octanol–water partition coefficient (Wildman–Crippen LogP) is 3.89. The number of carbonyl (C=O) groups excluding carboxylic acids is 1. The maximum Gasteiger partial charge on any atom is 0.433 e. The van der Waals surface area contributed by atoms with Crippen LogP contribution in [0.3, 0.4) is 0 Å². The van der Waals surface area contributed by atoms with E-state index in [9.17, 15) is 26.4 Å². The molecule has 29 heavy (non-hydrogen) atoms. The fourth-order valence-electron chi connectivity index (χ4n) is 2.76. The van der Waals surface area contributed by atoms with Crippen molar-refractivity contribution in [1.82, 2.24) is 10.2 Å². The topological polar surface area (TPSA) is 91.9 Å². The molecule has 0 atom stereocenters. The van der Waals surface area contributed by atoms with Crippen LogP contribution < -0.4 is 5.32 Å². The van der Waals surface area contributed by atoms with Crippen molar-refractivity contribution >= 4 is 21.6 Å². The van der Waals surface area contributed by atoms with Crippen molar-refractivity contribution in [2.75, 3.05) is 11.6 Å². The number of anilines is 1. The van der Waals surface area contributed by atoms with Gasteiger partial charge in [0, 0.05) is 11.8 Å². The van der Waals surface area contributed by atoms with Crippen molar-refractivity contribution in [2.24, 2.45) is 0 Å². The van der Waals surface area contributed by atoms with Gasteiger partial charge in [-0.25, -0.2) is 8.42 Å². The number of nitrogens with one attached hydrogen (secondary N) is 2. The van der Waals surface area contributed by atoms with Gasteiger partial charge in [0.2, 0.25) is 0 Å². The second-order valence-electron chi connectivity index (χ2n) is 6.41. The predicted molar refractivity (Wildman–Crippen MR) is 102 cm³/mol. The Morgan fingerprint density at radius 2 is 1.69 bits per heavy atom. The summed E-state index contributed by atoms with van der Waals surface area (Å²) in [6, 6.07) is 13.5. The van der Waals surface area contributed by atoms with Crippen LogP contribution in [0.1, 0.15) is 21.6 Å². The molecule has 2 N–H and O–H groups in total. The van der Waals surface area contributed by atoms with E-state index in [1.54, 1.807) is 18.2 Å². The molecule has 10 heteroatoms. The van der Waals surface area contributed by atoms with E-state index in [1.807, 2.05) is 5.10 Å². The summed E-state index contributed by atoms with van der Waals surface area (Å²) < 4.78 is 62.7. The highest BCUT2D eigenvalue weighted by atomic mass is 32.2. The molecule has 2 aromatic carbocycles. The number of amides is 1. The van der Waals surface area contributed by atoms with E-state index in [0.717, 1.165) is 6.26 Å². The monoisotopic (exact) mass is 423 g/mol. The van der Waals surface area contributed by atoms with Gasteiger partial charge in [-0.05, 0) is 23.3 Å². The third kappa shape index (κ3) is 5.02. The minimum atomic E-state index is -4.69. The average Bonchev–Trinajstić information content (AvgIpc) is 3.05. The van der Waals surface area contributed by atoms with E-state index in [4.69, 9.17) is 0 Å². The number of benzene rings is 2. The highest BCUT2D eigenvalue weighted by Gasteiger charge is 2.38. The maximum atomic E-state index is 13.4. The second-order valence-corrected chi connectivity index (χ2v) is 8.55. The summed E-state index contributed by atoms with van der Waals surface area (Å²) in [5.41, 5.74) is -0.444. The molecule has 1 heterocycles. The number of aromatic nitrogens is 2. The zero-order chi connectivity index (χ0) is 21.2. The first-order chi connectivity index (χ1) is 13.5. The Labute approximate surface area is 164 Å². The lowest BCUT2D eigenvalue weighted by Crippen LogP contribution is -2.13. The summed E-state index contributed by atoms with van der Waals surface area (Å²) >= 11 is 0. The van der Waals surface area contributed by atoms with Gasteiger partial charge < -0.3 is 5.32 Å². The molecule has 0 spiro atoms. The smallest absolute Gasteiger partial charge is 0.305 e. The molecule has 0 fully saturated rings. The van der Waals surface area contributed by atoms with E-state index in [2.05, 4.69) is 10.4 Å². The number of H-pyrrole nitrogens is 1. The van der Waals surface area contributed by atoms with E-state index in [0.29, 0.717) is 5.56 Å². The summed E-state index contributed by atoms with van der Waals surface area (Å²) in [6.07, 6.45) is -3.59. The standard InChI is InChI=1S/C19H16F3N3O3S/c1-29(27,28)11-12-7-9-14(10-8-12)18(26)23-17-15(13-5-3-2-4-6-13)16(24-25-17)19(20,21)22/h2-10H,11H2,1H3,(H2,23,24,25,26). The largest absolute Gasteiger partial charge is 0.433 e. The molecule has 0 saturated carbocycles. The van der Waals surface area contributed by atoms with Crippen LogP contribution in [0.5, 0.6) is 0 Å². The van der Waals surface area contributed by atoms with Gasteiger partial charge >= 0.3 is 6.18 Å². The molecule has 0 aliphatic heterocycles. The number of aromatic amines is 1. The van der Waals surface area contributed by atoms with E-state index in [-0.39, 0.29) is 28.3 Å². The summed E-state index contributed by atoms with van der Waals surface area (Å²) in [4.78, 5) is 12.5. The van der Waals surface area contributed by atoms with Crippen molar-refractivity contribution in [2.45, 2.75) is 11.9 Å². The lowest BCUT2D eigenvalue weighted by atomic mass is 10.0. The summed E-state index contributed by atoms with van der Waals surface area (Å²) in [7, 11) is -3.23. The SMILES string of the molecule is CS(=O)(=O)Cc1ccc(C(=O)Nc2n[nH]c(C(F)(F)F)c2-c2ccccc2)cc1. The third-order valence-corrected chi connectivity index (χ3v) is 4.85. The van der Waals surface area contributed by atoms with Gasteiger partial charge in [0.25, 0.3) is 5.91 Å². The third-order valence-electron chi connectivity index (χ3n) is 3.99. The molecule has 0 radical (unpaired) electrons. The molecule has 0 aliphatic carbocycles. The first kappa shape index (κ1) is 20.6. The lowest BCUT2D eigenvalue weighted by molar-refractivity contribution is -0.140. The molecule has 3 rings (SSSR count). The number of hydrogen-bond acceptors (Lipinski definition) is 4. The molecule has 3 aromatic rings. The Hall–Kier alpha value is -3.14. The number of rotatable bonds is 5. The van der Waals surface area contributed by atoms with Gasteiger partial charge in [-0.2, -0.15) is 18.3 Å². The number of hydrogen-bond donors (Lipinski definition) is 2. The Balaban J connectivity index is 1.90. The number of halogens is 3. The molecule has 0 bridgehead atoms. The highest BCUT2D eigenvalue weighted by molar-refractivity contribution is 7.89. The zero-order valence-corrected chi connectivity index (χ0v) is 15.9. The molecular weight excluding hydrogens is 407 g/mol. The molecule has 152 valence electrons. The van der Waals surface area contributed by atoms with Crippen LogP contribution in [0, 0.1) is 0 Å². The highest BCUT2D eigenvalue weighted by Crippen LogP contribution is 2.39. The van der Waals surface area contributed by atoms with Gasteiger partial charge in [0.15, 0.2) is 15.7 Å². The van der Waals surface area contributed by atoms with Crippen LogP contribution >= 0.6 is 0 Å². The number of alkyl halides is 3. The Kier molecular flexibility index (Phi) is 5.47. The maximum absolute atomic E-state index is 13.4. The van der Waals surface area contributed by atoms with Gasteiger partial charge in [-0.1, -0.05) is 42.5 Å². The van der Waals surface area contributed by atoms with Gasteiger partial charge in [0.1, 0.15) is 5.69 Å². The summed E-state index contributed by atoms with van der Waals surface area (Å²) in [5.74, 6) is -1.11. The molecule has 1 amide bonds. The Morgan fingerprint density at radius 1 is 1.07 bits per heavy atom. The fraction of sp³-hybridized carbons (Fsp3) is 0.158. The molecule has 0 unspecified atom stereocenters. The quantitative estimate of drug-likeness (QED) is 0.651. The van der Waals surface area contributed by atoms with Crippen LogP contribution in [0.4, 0.5) is 19.0 Å². The summed E-state index contributed by atoms with van der Waals surface area (Å²) in [6.45, 7) is 0. The second kappa shape index (κ2) is 7.70. The van der Waals surface area contributed by atoms with Crippen molar-refractivity contribution < 1.29 is 26.4 Å². The van der Waals surface area contributed by atoms with E-state index >= 15 is 0 Å². The number of nitrogens with zero attached hydrogens (tertiary/aromatic N) is 1. The Bertz CT molecular complexity index is 1120. The van der Waals surface area contributed by atoms with E-state index < -0.39 is 27.6 Å². The number of sulfone groups is 1. The van der Waals surface area contributed by atoms with Crippen LogP contribution in [-0.4, -0.2) is 30.8 Å². The van der Waals surface area contributed by atoms with Crippen molar-refractivity contribution in [3.8, 4) is 11.1 Å². The molecule has 1 aromatic heterocycles. The van der Waals surface area contributed by atoms with Crippen molar-refractivity contribution in [3.05, 3.63) is 71.4 Å². The first-order valence-corrected chi connectivity index (χ1v) is 10.4. The van der Waals surface area contributed by atoms with Crippen molar-refractivity contribution in [1.29, 1.82) is 0 Å². The van der Waals surface area contributed by atoms with Gasteiger partial charge in [-0.3, -0.25) is 9.89 Å². The first-order valence-electron chi connectivity index (χ1n) is 8.33. The molecular formula is C19H16F3N3O3S. The molecule has 0 saturated heterocycles. The fourth-order valence-corrected chi connectivity index (χ4v) is 3.56. The normalized spacial score (nSPS) is 12.0. The zero-order valence-electron chi connectivity index (χ0n) is 15.1. The van der Waals surface area contributed by atoms with Crippen molar-refractivity contribution in [3.63, 3.8) is 0 Å². The van der Waals surface area contributed by atoms with E-state index in [1.165, 1.54) is 36.4 Å². The van der Waals surface area contributed by atoms with Crippen LogP contribution in [0.25, 0.3) is 11.1 Å². The van der Waals surface area contributed by atoms with Crippen LogP contribution in [0.15, 0.2) is 54.6 Å². The van der Waals surface area contributed by atoms with Crippen LogP contribution in [-0.2, 0) is 21.8 Å².